The summed E-state index contributed by atoms with van der Waals surface area (Å²) in [5.74, 6) is 0.719. The highest BCUT2D eigenvalue weighted by Crippen LogP contribution is 2.38. The van der Waals surface area contributed by atoms with E-state index in [-0.39, 0.29) is 0 Å². The van der Waals surface area contributed by atoms with Crippen molar-refractivity contribution in [2.75, 3.05) is 0 Å². The van der Waals surface area contributed by atoms with Crippen LogP contribution in [-0.2, 0) is 0 Å². The summed E-state index contributed by atoms with van der Waals surface area (Å²) in [4.78, 5) is 0. The summed E-state index contributed by atoms with van der Waals surface area (Å²) in [5.41, 5.74) is 3.70. The molecule has 0 saturated heterocycles. The summed E-state index contributed by atoms with van der Waals surface area (Å²) in [6.45, 7) is 7.06. The maximum absolute atomic E-state index is 2.44. The highest BCUT2D eigenvalue weighted by atomic mass is 14.3. The molecule has 0 aromatic carbocycles. The highest BCUT2D eigenvalue weighted by molar-refractivity contribution is 5.33. The summed E-state index contributed by atoms with van der Waals surface area (Å²) in [6, 6.07) is 0. The molecule has 0 fully saturated rings. The monoisotopic (exact) mass is 202 g/mol. The van der Waals surface area contributed by atoms with Gasteiger partial charge in [-0.2, -0.15) is 0 Å². The minimum atomic E-state index is 0.403. The zero-order valence-electron chi connectivity index (χ0n) is 10.2. The second kappa shape index (κ2) is 4.00. The van der Waals surface area contributed by atoms with Crippen LogP contribution >= 0.6 is 0 Å². The molecule has 0 aromatic heterocycles. The molecule has 0 N–H and O–H groups in total. The van der Waals surface area contributed by atoms with Gasteiger partial charge < -0.3 is 0 Å². The second-order valence-corrected chi connectivity index (χ2v) is 5.88. The van der Waals surface area contributed by atoms with Crippen LogP contribution < -0.4 is 0 Å². The second-order valence-electron chi connectivity index (χ2n) is 5.88. The van der Waals surface area contributed by atoms with Gasteiger partial charge in [0.25, 0.3) is 0 Å². The quantitative estimate of drug-likeness (QED) is 0.502. The number of allylic oxidation sites excluding steroid dienone is 6. The van der Waals surface area contributed by atoms with Crippen LogP contribution in [0.5, 0.6) is 0 Å². The summed E-state index contributed by atoms with van der Waals surface area (Å²) in [6.07, 6.45) is 14.4. The van der Waals surface area contributed by atoms with Gasteiger partial charge in [-0.3, -0.25) is 0 Å². The number of rotatable bonds is 0. The van der Waals surface area contributed by atoms with E-state index in [0.717, 1.165) is 12.3 Å². The normalized spacial score (nSPS) is 26.5. The Labute approximate surface area is 93.8 Å². The Morgan fingerprint density at radius 1 is 1.20 bits per heavy atom. The number of hydrogen-bond acceptors (Lipinski definition) is 0. The lowest BCUT2D eigenvalue weighted by molar-refractivity contribution is 0.290. The molecular weight excluding hydrogens is 180 g/mol. The summed E-state index contributed by atoms with van der Waals surface area (Å²) < 4.78 is 0. The van der Waals surface area contributed by atoms with E-state index in [9.17, 15) is 0 Å². The van der Waals surface area contributed by atoms with Crippen molar-refractivity contribution in [3.05, 3.63) is 35.5 Å². The Bertz CT molecular complexity index is 320. The molecule has 0 aromatic rings. The van der Waals surface area contributed by atoms with Gasteiger partial charge in [0.15, 0.2) is 0 Å². The topological polar surface area (TPSA) is 0 Å². The molecule has 0 amide bonds. The van der Waals surface area contributed by atoms with Gasteiger partial charge in [0.2, 0.25) is 0 Å². The van der Waals surface area contributed by atoms with Crippen molar-refractivity contribution < 1.29 is 0 Å². The summed E-state index contributed by atoms with van der Waals surface area (Å²) >= 11 is 0. The third kappa shape index (κ3) is 2.42. The van der Waals surface area contributed by atoms with E-state index >= 15 is 0 Å². The maximum Gasteiger partial charge on any atom is -0.00979 e. The zero-order valence-corrected chi connectivity index (χ0v) is 10.2. The van der Waals surface area contributed by atoms with Gasteiger partial charge in [0.1, 0.15) is 0 Å². The molecule has 0 aliphatic heterocycles. The van der Waals surface area contributed by atoms with E-state index in [0.29, 0.717) is 5.41 Å². The lowest BCUT2D eigenvalue weighted by Crippen LogP contribution is -2.19. The molecule has 2 rings (SSSR count). The lowest BCUT2D eigenvalue weighted by Gasteiger charge is -2.29. The van der Waals surface area contributed by atoms with Crippen molar-refractivity contribution in [3.8, 4) is 0 Å². The van der Waals surface area contributed by atoms with Gasteiger partial charge >= 0.3 is 0 Å². The molecule has 0 heterocycles. The van der Waals surface area contributed by atoms with E-state index in [1.807, 2.05) is 0 Å². The van der Waals surface area contributed by atoms with Crippen LogP contribution in [0.25, 0.3) is 0 Å². The van der Waals surface area contributed by atoms with Crippen LogP contribution in [0.15, 0.2) is 35.5 Å². The van der Waals surface area contributed by atoms with Crippen LogP contribution in [-0.4, -0.2) is 0 Å². The predicted octanol–water partition coefficient (Wildman–Crippen LogP) is 4.65. The molecule has 0 radical (unpaired) electrons. The standard InChI is InChI=1S/C15H22/c1-15(2,3)14-10-6-9-12-7-4-5-8-13(12)11-14/h4,6-7,10,14H,5,8-9,11H2,1-3H3. The molecule has 2 aliphatic carbocycles. The van der Waals surface area contributed by atoms with Crippen LogP contribution in [0.1, 0.15) is 46.5 Å². The molecule has 0 bridgehead atoms. The first-order chi connectivity index (χ1) is 7.07. The van der Waals surface area contributed by atoms with Crippen molar-refractivity contribution >= 4 is 0 Å². The SMILES string of the molecule is CC(C)(C)C1C=CCC2=C(CCC=C2)C1. The minimum absolute atomic E-state index is 0.403. The van der Waals surface area contributed by atoms with Gasteiger partial charge in [-0.25, -0.2) is 0 Å². The molecule has 2 aliphatic rings. The molecule has 0 heteroatoms. The maximum atomic E-state index is 2.44. The first-order valence-corrected chi connectivity index (χ1v) is 6.11. The minimum Gasteiger partial charge on any atom is -0.0842 e. The molecule has 82 valence electrons. The van der Waals surface area contributed by atoms with Gasteiger partial charge in [-0.05, 0) is 42.6 Å². The largest absolute Gasteiger partial charge is 0.0842 e. The smallest absolute Gasteiger partial charge is 0.00979 e. The van der Waals surface area contributed by atoms with Gasteiger partial charge in [0, 0.05) is 0 Å². The van der Waals surface area contributed by atoms with E-state index in [4.69, 9.17) is 0 Å². The average Bonchev–Trinajstić information content (AvgIpc) is 2.38. The van der Waals surface area contributed by atoms with Crippen molar-refractivity contribution in [3.63, 3.8) is 0 Å². The van der Waals surface area contributed by atoms with E-state index < -0.39 is 0 Å². The third-order valence-corrected chi connectivity index (χ3v) is 3.67. The fourth-order valence-electron chi connectivity index (χ4n) is 2.49. The Hall–Kier alpha value is -0.780. The average molecular weight is 202 g/mol. The fourth-order valence-corrected chi connectivity index (χ4v) is 2.49. The molecule has 0 saturated carbocycles. The van der Waals surface area contributed by atoms with Crippen LogP contribution in [0, 0.1) is 11.3 Å². The summed E-state index contributed by atoms with van der Waals surface area (Å²) in [5, 5.41) is 0. The zero-order chi connectivity index (χ0) is 10.9. The van der Waals surface area contributed by atoms with Gasteiger partial charge in [0.05, 0.1) is 0 Å². The van der Waals surface area contributed by atoms with Crippen molar-refractivity contribution in [2.24, 2.45) is 11.3 Å². The predicted molar refractivity (Wildman–Crippen MR) is 66.7 cm³/mol. The van der Waals surface area contributed by atoms with Crippen LogP contribution in [0.4, 0.5) is 0 Å². The highest BCUT2D eigenvalue weighted by Gasteiger charge is 2.25. The Balaban J connectivity index is 2.22. The van der Waals surface area contributed by atoms with E-state index in [1.165, 1.54) is 19.3 Å². The number of hydrogen-bond donors (Lipinski definition) is 0. The molecule has 0 nitrogen and oxygen atoms in total. The Kier molecular flexibility index (Phi) is 2.86. The third-order valence-electron chi connectivity index (χ3n) is 3.67. The molecule has 1 unspecified atom stereocenters. The van der Waals surface area contributed by atoms with Gasteiger partial charge in [-0.1, -0.05) is 50.6 Å². The van der Waals surface area contributed by atoms with Gasteiger partial charge in [-0.15, -0.1) is 0 Å². The first-order valence-electron chi connectivity index (χ1n) is 6.11. The van der Waals surface area contributed by atoms with Crippen LogP contribution in [0.3, 0.4) is 0 Å². The van der Waals surface area contributed by atoms with Crippen molar-refractivity contribution in [1.29, 1.82) is 0 Å². The molecular formula is C15H22. The fraction of sp³-hybridized carbons (Fsp3) is 0.600. The molecule has 1 atom stereocenters. The van der Waals surface area contributed by atoms with Crippen molar-refractivity contribution in [1.82, 2.24) is 0 Å². The molecule has 0 spiro atoms. The summed E-state index contributed by atoms with van der Waals surface area (Å²) in [7, 11) is 0. The van der Waals surface area contributed by atoms with Crippen LogP contribution in [0.2, 0.25) is 0 Å². The van der Waals surface area contributed by atoms with E-state index in [2.05, 4.69) is 45.1 Å². The van der Waals surface area contributed by atoms with E-state index in [1.54, 1.807) is 11.1 Å². The Morgan fingerprint density at radius 2 is 2.00 bits per heavy atom. The van der Waals surface area contributed by atoms with Crippen molar-refractivity contribution in [2.45, 2.75) is 46.5 Å². The first kappa shape index (κ1) is 10.7. The Morgan fingerprint density at radius 3 is 2.73 bits per heavy atom. The molecule has 15 heavy (non-hydrogen) atoms. The lowest BCUT2D eigenvalue weighted by atomic mass is 9.76.